The SMILES string of the molecule is CCN(CC)CCN(C(=O)C=Cc1ccccc1)c1nc2ccc(S(C)(=O)=O)cc2s1. The molecule has 1 aromatic heterocycles. The van der Waals surface area contributed by atoms with Crippen molar-refractivity contribution in [2.75, 3.05) is 37.3 Å². The Balaban J connectivity index is 1.92. The van der Waals surface area contributed by atoms with E-state index in [9.17, 15) is 13.2 Å². The zero-order chi connectivity index (χ0) is 22.4. The van der Waals surface area contributed by atoms with Crippen LogP contribution >= 0.6 is 11.3 Å². The van der Waals surface area contributed by atoms with Crippen LogP contribution < -0.4 is 4.90 Å². The molecule has 0 aliphatic carbocycles. The molecule has 6 nitrogen and oxygen atoms in total. The van der Waals surface area contributed by atoms with E-state index in [1.807, 2.05) is 30.3 Å². The van der Waals surface area contributed by atoms with E-state index in [2.05, 4.69) is 23.7 Å². The normalized spacial score (nSPS) is 12.1. The van der Waals surface area contributed by atoms with Crippen LogP contribution in [-0.4, -0.2) is 56.6 Å². The van der Waals surface area contributed by atoms with Crippen LogP contribution in [0, 0.1) is 0 Å². The lowest BCUT2D eigenvalue weighted by molar-refractivity contribution is -0.114. The highest BCUT2D eigenvalue weighted by Gasteiger charge is 2.19. The minimum Gasteiger partial charge on any atom is -0.302 e. The van der Waals surface area contributed by atoms with Crippen LogP contribution in [0.1, 0.15) is 19.4 Å². The number of carbonyl (C=O) groups excluding carboxylic acids is 1. The topological polar surface area (TPSA) is 70.6 Å². The molecule has 0 saturated heterocycles. The molecule has 8 heteroatoms. The molecule has 0 aliphatic heterocycles. The first-order valence-electron chi connectivity index (χ1n) is 10.2. The maximum absolute atomic E-state index is 13.1. The number of amides is 1. The fourth-order valence-corrected chi connectivity index (χ4v) is 4.90. The molecule has 0 saturated carbocycles. The van der Waals surface area contributed by atoms with Crippen molar-refractivity contribution in [1.29, 1.82) is 0 Å². The van der Waals surface area contributed by atoms with E-state index < -0.39 is 9.84 Å². The van der Waals surface area contributed by atoms with Gasteiger partial charge in [0.05, 0.1) is 15.1 Å². The summed E-state index contributed by atoms with van der Waals surface area (Å²) in [5.41, 5.74) is 1.63. The lowest BCUT2D eigenvalue weighted by atomic mass is 10.2. The van der Waals surface area contributed by atoms with Crippen molar-refractivity contribution in [3.63, 3.8) is 0 Å². The zero-order valence-electron chi connectivity index (χ0n) is 18.0. The highest BCUT2D eigenvalue weighted by atomic mass is 32.2. The van der Waals surface area contributed by atoms with E-state index in [0.29, 0.717) is 17.2 Å². The Labute approximate surface area is 187 Å². The van der Waals surface area contributed by atoms with Crippen LogP contribution in [0.15, 0.2) is 59.5 Å². The Morgan fingerprint density at radius 3 is 2.42 bits per heavy atom. The van der Waals surface area contributed by atoms with Gasteiger partial charge in [0.15, 0.2) is 15.0 Å². The second kappa shape index (κ2) is 10.2. The summed E-state index contributed by atoms with van der Waals surface area (Å²) in [6, 6.07) is 14.5. The minimum atomic E-state index is -3.31. The van der Waals surface area contributed by atoms with Gasteiger partial charge < -0.3 is 4.90 Å². The molecule has 3 rings (SSSR count). The van der Waals surface area contributed by atoms with Crippen molar-refractivity contribution < 1.29 is 13.2 Å². The standard InChI is InChI=1S/C23H27N3O3S2/c1-4-25(5-2)15-16-26(22(27)14-11-18-9-7-6-8-10-18)23-24-20-13-12-19(31(3,28)29)17-21(20)30-23/h6-14,17H,4-5,15-16H2,1-3H3. The van der Waals surface area contributed by atoms with Crippen molar-refractivity contribution in [3.8, 4) is 0 Å². The number of anilines is 1. The van der Waals surface area contributed by atoms with Gasteiger partial charge in [-0.3, -0.25) is 9.69 Å². The number of hydrogen-bond donors (Lipinski definition) is 0. The Kier molecular flexibility index (Phi) is 7.59. The van der Waals surface area contributed by atoms with Crippen LogP contribution in [0.25, 0.3) is 16.3 Å². The summed E-state index contributed by atoms with van der Waals surface area (Å²) in [4.78, 5) is 21.9. The summed E-state index contributed by atoms with van der Waals surface area (Å²) in [5.74, 6) is -0.154. The average Bonchev–Trinajstić information content (AvgIpc) is 3.18. The van der Waals surface area contributed by atoms with E-state index >= 15 is 0 Å². The molecule has 31 heavy (non-hydrogen) atoms. The highest BCUT2D eigenvalue weighted by molar-refractivity contribution is 7.90. The second-order valence-electron chi connectivity index (χ2n) is 7.16. The molecule has 0 N–H and O–H groups in total. The Bertz CT molecular complexity index is 1170. The van der Waals surface area contributed by atoms with Crippen LogP contribution in [0.4, 0.5) is 5.13 Å². The molecule has 3 aromatic rings. The maximum Gasteiger partial charge on any atom is 0.252 e. The third-order valence-corrected chi connectivity index (χ3v) is 7.18. The van der Waals surface area contributed by atoms with Crippen LogP contribution in [-0.2, 0) is 14.6 Å². The van der Waals surface area contributed by atoms with Gasteiger partial charge in [-0.2, -0.15) is 0 Å². The second-order valence-corrected chi connectivity index (χ2v) is 10.2. The van der Waals surface area contributed by atoms with Gasteiger partial charge in [0, 0.05) is 25.4 Å². The third kappa shape index (κ3) is 6.00. The number of fused-ring (bicyclic) bond motifs is 1. The molecule has 1 heterocycles. The molecule has 0 fully saturated rings. The quantitative estimate of drug-likeness (QED) is 0.453. The van der Waals surface area contributed by atoms with Crippen LogP contribution in [0.5, 0.6) is 0 Å². The molecular formula is C23H27N3O3S2. The van der Waals surface area contributed by atoms with Crippen LogP contribution in [0.2, 0.25) is 0 Å². The summed E-state index contributed by atoms with van der Waals surface area (Å²) in [5, 5.41) is 0.565. The van der Waals surface area contributed by atoms with E-state index in [1.165, 1.54) is 17.6 Å². The number of carbonyl (C=O) groups is 1. The predicted molar refractivity (Wildman–Crippen MR) is 128 cm³/mol. The maximum atomic E-state index is 13.1. The number of benzene rings is 2. The highest BCUT2D eigenvalue weighted by Crippen LogP contribution is 2.31. The van der Waals surface area contributed by atoms with Crippen molar-refractivity contribution in [3.05, 3.63) is 60.2 Å². The first kappa shape index (κ1) is 23.1. The van der Waals surface area contributed by atoms with Gasteiger partial charge in [-0.05, 0) is 42.9 Å². The number of likely N-dealkylation sites (N-methyl/N-ethyl adjacent to an activating group) is 1. The fourth-order valence-electron chi connectivity index (χ4n) is 3.14. The molecule has 0 aliphatic rings. The number of thiazole rings is 1. The van der Waals surface area contributed by atoms with Gasteiger partial charge in [-0.1, -0.05) is 55.5 Å². The first-order valence-corrected chi connectivity index (χ1v) is 12.9. The molecule has 0 atom stereocenters. The van der Waals surface area contributed by atoms with Crippen molar-refractivity contribution in [2.45, 2.75) is 18.7 Å². The predicted octanol–water partition coefficient (Wildman–Crippen LogP) is 4.09. The van der Waals surface area contributed by atoms with E-state index in [4.69, 9.17) is 0 Å². The third-order valence-electron chi connectivity index (χ3n) is 5.03. The lowest BCUT2D eigenvalue weighted by Gasteiger charge is -2.23. The van der Waals surface area contributed by atoms with Crippen LogP contribution in [0.3, 0.4) is 0 Å². The molecule has 0 bridgehead atoms. The Hall–Kier alpha value is -2.55. The number of rotatable bonds is 9. The number of hydrogen-bond acceptors (Lipinski definition) is 6. The smallest absolute Gasteiger partial charge is 0.252 e. The zero-order valence-corrected chi connectivity index (χ0v) is 19.6. The van der Waals surface area contributed by atoms with Gasteiger partial charge in [0.25, 0.3) is 5.91 Å². The van der Waals surface area contributed by atoms with E-state index in [0.717, 1.165) is 29.9 Å². The van der Waals surface area contributed by atoms with Crippen molar-refractivity contribution >= 4 is 48.5 Å². The molecule has 2 aromatic carbocycles. The molecule has 0 spiro atoms. The average molecular weight is 458 g/mol. The van der Waals surface area contributed by atoms with E-state index in [-0.39, 0.29) is 10.8 Å². The lowest BCUT2D eigenvalue weighted by Crippen LogP contribution is -2.38. The van der Waals surface area contributed by atoms with Gasteiger partial charge in [-0.25, -0.2) is 13.4 Å². The summed E-state index contributed by atoms with van der Waals surface area (Å²) < 4.78 is 24.5. The summed E-state index contributed by atoms with van der Waals surface area (Å²) in [6.07, 6.45) is 4.54. The largest absolute Gasteiger partial charge is 0.302 e. The Morgan fingerprint density at radius 2 is 1.77 bits per heavy atom. The fraction of sp³-hybridized carbons (Fsp3) is 0.304. The molecule has 0 unspecified atom stereocenters. The Morgan fingerprint density at radius 1 is 1.06 bits per heavy atom. The molecule has 164 valence electrons. The van der Waals surface area contributed by atoms with Gasteiger partial charge in [0.2, 0.25) is 0 Å². The van der Waals surface area contributed by atoms with Gasteiger partial charge in [0.1, 0.15) is 0 Å². The number of nitrogens with zero attached hydrogens (tertiary/aromatic N) is 3. The monoisotopic (exact) mass is 457 g/mol. The number of sulfone groups is 1. The van der Waals surface area contributed by atoms with E-state index in [1.54, 1.807) is 35.3 Å². The number of aromatic nitrogens is 1. The summed E-state index contributed by atoms with van der Waals surface area (Å²) in [7, 11) is -3.31. The molecule has 0 radical (unpaired) electrons. The summed E-state index contributed by atoms with van der Waals surface area (Å²) >= 11 is 1.33. The molecular weight excluding hydrogens is 430 g/mol. The van der Waals surface area contributed by atoms with Gasteiger partial charge >= 0.3 is 0 Å². The minimum absolute atomic E-state index is 0.154. The van der Waals surface area contributed by atoms with Crippen molar-refractivity contribution in [1.82, 2.24) is 9.88 Å². The first-order chi connectivity index (χ1) is 14.8. The van der Waals surface area contributed by atoms with Gasteiger partial charge in [-0.15, -0.1) is 0 Å². The van der Waals surface area contributed by atoms with Crippen molar-refractivity contribution in [2.24, 2.45) is 0 Å². The summed E-state index contributed by atoms with van der Waals surface area (Å²) in [6.45, 7) is 7.21. The molecule has 1 amide bonds.